The maximum atomic E-state index is 12.9. The first-order valence-corrected chi connectivity index (χ1v) is 6.16. The number of nitrogens with zero attached hydrogens (tertiary/aromatic N) is 1. The summed E-state index contributed by atoms with van der Waals surface area (Å²) < 4.78 is 12.9. The summed E-state index contributed by atoms with van der Waals surface area (Å²) in [6.07, 6.45) is 0.411. The summed E-state index contributed by atoms with van der Waals surface area (Å²) in [6, 6.07) is 3.88. The van der Waals surface area contributed by atoms with Crippen molar-refractivity contribution >= 4 is 23.3 Å². The molecule has 1 heterocycles. The highest BCUT2D eigenvalue weighted by Gasteiger charge is 2.28. The van der Waals surface area contributed by atoms with Crippen molar-refractivity contribution in [2.45, 2.75) is 26.3 Å². The number of halogens is 2. The quantitative estimate of drug-likeness (QED) is 0.899. The lowest BCUT2D eigenvalue weighted by molar-refractivity contribution is -0.120. The summed E-state index contributed by atoms with van der Waals surface area (Å²) in [5, 5.41) is 3.08. The van der Waals surface area contributed by atoms with Crippen LogP contribution >= 0.6 is 11.6 Å². The van der Waals surface area contributed by atoms with Crippen LogP contribution in [0.1, 0.15) is 19.4 Å². The molecule has 1 N–H and O–H groups in total. The molecule has 0 fully saturated rings. The molecule has 1 aromatic rings. The van der Waals surface area contributed by atoms with Gasteiger partial charge in [0, 0.05) is 11.4 Å². The van der Waals surface area contributed by atoms with Gasteiger partial charge in [-0.15, -0.1) is 0 Å². The van der Waals surface area contributed by atoms with Gasteiger partial charge in [-0.05, 0) is 23.6 Å². The molecule has 0 aromatic heterocycles. The van der Waals surface area contributed by atoms with E-state index in [9.17, 15) is 9.18 Å². The maximum Gasteiger partial charge on any atom is 0.250 e. The average molecular weight is 269 g/mol. The Morgan fingerprint density at radius 1 is 1.50 bits per heavy atom. The lowest BCUT2D eigenvalue weighted by Gasteiger charge is -2.06. The molecule has 0 radical (unpaired) electrons. The number of hydrogen-bond donors (Lipinski definition) is 1. The smallest absolute Gasteiger partial charge is 0.250 e. The fourth-order valence-corrected chi connectivity index (χ4v) is 2.10. The summed E-state index contributed by atoms with van der Waals surface area (Å²) in [5.41, 5.74) is 0.751. The normalized spacial score (nSPS) is 19.1. The van der Waals surface area contributed by atoms with E-state index >= 15 is 0 Å². The van der Waals surface area contributed by atoms with Crippen LogP contribution in [-0.4, -0.2) is 17.8 Å². The summed E-state index contributed by atoms with van der Waals surface area (Å²) in [6.45, 7) is 3.89. The minimum atomic E-state index is -0.374. The van der Waals surface area contributed by atoms with Crippen LogP contribution in [-0.2, 0) is 11.2 Å². The van der Waals surface area contributed by atoms with E-state index in [4.69, 9.17) is 11.6 Å². The predicted octanol–water partition coefficient (Wildman–Crippen LogP) is 2.57. The van der Waals surface area contributed by atoms with Crippen LogP contribution in [0.25, 0.3) is 0 Å². The molecular weight excluding hydrogens is 255 g/mol. The molecule has 1 aliphatic rings. The van der Waals surface area contributed by atoms with E-state index in [0.717, 1.165) is 5.56 Å². The lowest BCUT2D eigenvalue weighted by atomic mass is 10.1. The monoisotopic (exact) mass is 268 g/mol. The van der Waals surface area contributed by atoms with E-state index in [1.54, 1.807) is 6.07 Å². The highest BCUT2D eigenvalue weighted by atomic mass is 35.5. The first kappa shape index (κ1) is 13.0. The molecule has 0 saturated heterocycles. The highest BCUT2D eigenvalue weighted by molar-refractivity contribution is 6.31. The Morgan fingerprint density at radius 3 is 2.78 bits per heavy atom. The number of rotatable bonds is 3. The third-order valence-electron chi connectivity index (χ3n) is 2.84. The van der Waals surface area contributed by atoms with Gasteiger partial charge in [0.1, 0.15) is 17.7 Å². The van der Waals surface area contributed by atoms with Gasteiger partial charge < -0.3 is 5.32 Å². The van der Waals surface area contributed by atoms with E-state index in [0.29, 0.717) is 17.3 Å². The van der Waals surface area contributed by atoms with Gasteiger partial charge >= 0.3 is 0 Å². The zero-order chi connectivity index (χ0) is 13.3. The summed E-state index contributed by atoms with van der Waals surface area (Å²) in [5.74, 6) is 0.290. The van der Waals surface area contributed by atoms with Gasteiger partial charge in [0.15, 0.2) is 0 Å². The third kappa shape index (κ3) is 2.70. The van der Waals surface area contributed by atoms with Crippen LogP contribution in [0.3, 0.4) is 0 Å². The van der Waals surface area contributed by atoms with Crippen LogP contribution in [0.4, 0.5) is 4.39 Å². The second-order valence-corrected chi connectivity index (χ2v) is 5.07. The maximum absolute atomic E-state index is 12.9. The molecule has 0 saturated carbocycles. The van der Waals surface area contributed by atoms with Gasteiger partial charge in [0.05, 0.1) is 0 Å². The van der Waals surface area contributed by atoms with E-state index in [2.05, 4.69) is 10.3 Å². The van der Waals surface area contributed by atoms with Gasteiger partial charge in [-0.25, -0.2) is 4.39 Å². The molecular formula is C13H14ClFN2O. The molecule has 96 valence electrons. The molecule has 0 spiro atoms. The largest absolute Gasteiger partial charge is 0.312 e. The van der Waals surface area contributed by atoms with Crippen molar-refractivity contribution in [2.24, 2.45) is 10.9 Å². The van der Waals surface area contributed by atoms with Crippen molar-refractivity contribution in [2.75, 3.05) is 0 Å². The van der Waals surface area contributed by atoms with Crippen LogP contribution in [0.2, 0.25) is 5.02 Å². The summed E-state index contributed by atoms with van der Waals surface area (Å²) >= 11 is 5.94. The molecule has 3 nitrogen and oxygen atoms in total. The summed E-state index contributed by atoms with van der Waals surface area (Å²) in [4.78, 5) is 16.0. The van der Waals surface area contributed by atoms with Gasteiger partial charge in [-0.2, -0.15) is 0 Å². The van der Waals surface area contributed by atoms with Crippen molar-refractivity contribution in [1.82, 2.24) is 5.32 Å². The SMILES string of the molecule is CC(C)C1N=C(Cc2ccc(F)cc2Cl)NC1=O. The van der Waals surface area contributed by atoms with E-state index in [-0.39, 0.29) is 23.7 Å². The first-order chi connectivity index (χ1) is 8.47. The van der Waals surface area contributed by atoms with Gasteiger partial charge in [-0.1, -0.05) is 31.5 Å². The molecule has 5 heteroatoms. The molecule has 0 bridgehead atoms. The third-order valence-corrected chi connectivity index (χ3v) is 3.19. The molecule has 2 rings (SSSR count). The van der Waals surface area contributed by atoms with Crippen molar-refractivity contribution in [3.05, 3.63) is 34.6 Å². The van der Waals surface area contributed by atoms with Crippen LogP contribution in [0.5, 0.6) is 0 Å². The lowest BCUT2D eigenvalue weighted by Crippen LogP contribution is -2.31. The zero-order valence-electron chi connectivity index (χ0n) is 10.2. The fraction of sp³-hybridized carbons (Fsp3) is 0.385. The number of carbonyl (C=O) groups excluding carboxylic acids is 1. The Morgan fingerprint density at radius 2 is 2.22 bits per heavy atom. The average Bonchev–Trinajstić information content (AvgIpc) is 2.64. The molecule has 1 unspecified atom stereocenters. The Balaban J connectivity index is 2.15. The van der Waals surface area contributed by atoms with Gasteiger partial charge in [0.2, 0.25) is 5.91 Å². The molecule has 1 atom stereocenters. The first-order valence-electron chi connectivity index (χ1n) is 5.79. The van der Waals surface area contributed by atoms with Crippen molar-refractivity contribution in [3.63, 3.8) is 0 Å². The fourth-order valence-electron chi connectivity index (χ4n) is 1.86. The predicted molar refractivity (Wildman–Crippen MR) is 69.3 cm³/mol. The van der Waals surface area contributed by atoms with Gasteiger partial charge in [0.25, 0.3) is 0 Å². The van der Waals surface area contributed by atoms with Gasteiger partial charge in [-0.3, -0.25) is 9.79 Å². The molecule has 1 amide bonds. The van der Waals surface area contributed by atoms with Crippen LogP contribution in [0, 0.1) is 11.7 Å². The van der Waals surface area contributed by atoms with E-state index in [1.165, 1.54) is 12.1 Å². The number of carbonyl (C=O) groups is 1. The van der Waals surface area contributed by atoms with Crippen LogP contribution in [0.15, 0.2) is 23.2 Å². The summed E-state index contributed by atoms with van der Waals surface area (Å²) in [7, 11) is 0. The van der Waals surface area contributed by atoms with Crippen molar-refractivity contribution < 1.29 is 9.18 Å². The molecule has 18 heavy (non-hydrogen) atoms. The number of amides is 1. The van der Waals surface area contributed by atoms with E-state index in [1.807, 2.05) is 13.8 Å². The number of aliphatic imine (C=N–C) groups is 1. The Hall–Kier alpha value is -1.42. The second-order valence-electron chi connectivity index (χ2n) is 4.67. The van der Waals surface area contributed by atoms with Crippen molar-refractivity contribution in [1.29, 1.82) is 0 Å². The topological polar surface area (TPSA) is 41.5 Å². The zero-order valence-corrected chi connectivity index (χ0v) is 11.0. The number of amidine groups is 1. The standard InChI is InChI=1S/C13H14ClFN2O/c1-7(2)12-13(18)17-11(16-12)5-8-3-4-9(15)6-10(8)14/h3-4,6-7,12H,5H2,1-2H3,(H,16,17,18). The van der Waals surface area contributed by atoms with Crippen LogP contribution < -0.4 is 5.32 Å². The van der Waals surface area contributed by atoms with Crippen molar-refractivity contribution in [3.8, 4) is 0 Å². The number of benzene rings is 1. The number of hydrogen-bond acceptors (Lipinski definition) is 2. The Kier molecular flexibility index (Phi) is 3.66. The molecule has 0 aliphatic carbocycles. The second kappa shape index (κ2) is 5.06. The Labute approximate surface area is 110 Å². The minimum absolute atomic E-state index is 0.0850. The van der Waals surface area contributed by atoms with E-state index < -0.39 is 0 Å². The Bertz CT molecular complexity index is 514. The molecule has 1 aliphatic heterocycles. The highest BCUT2D eigenvalue weighted by Crippen LogP contribution is 2.20. The minimum Gasteiger partial charge on any atom is -0.312 e. The number of nitrogens with one attached hydrogen (secondary N) is 1. The molecule has 1 aromatic carbocycles.